The number of hydrogen-bond donors (Lipinski definition) is 2. The van der Waals surface area contributed by atoms with Gasteiger partial charge in [-0.2, -0.15) is 44.5 Å². The van der Waals surface area contributed by atoms with Gasteiger partial charge < -0.3 is 20.5 Å². The van der Waals surface area contributed by atoms with Crippen LogP contribution in [-0.2, 0) is 58.6 Å². The number of alkyl halides is 8. The van der Waals surface area contributed by atoms with Gasteiger partial charge in [-0.05, 0) is 74.6 Å². The van der Waals surface area contributed by atoms with E-state index in [4.69, 9.17) is 22.1 Å². The summed E-state index contributed by atoms with van der Waals surface area (Å²) in [5.41, 5.74) is -1.06. The summed E-state index contributed by atoms with van der Waals surface area (Å²) in [6.07, 6.45) is -10.7. The first-order chi connectivity index (χ1) is 33.4. The van der Waals surface area contributed by atoms with Crippen LogP contribution in [0, 0.1) is 23.5 Å². The highest BCUT2D eigenvalue weighted by Gasteiger charge is 2.48. The highest BCUT2D eigenvalue weighted by Crippen LogP contribution is 2.43. The van der Waals surface area contributed by atoms with E-state index in [1.54, 1.807) is 0 Å². The SMILES string of the molecule is CS(=O)N(C(=O)OCOC(=O)/C=C/C=O)c1nn(CC(F)(F)F)c2c(-c3ccc(C#CC(C)(C)S(C)=O)nc3C(Cc3cc(F)cc(F)c3)NC(=O)CN=C3/C(=C(\N)C(F)(F)F)CCC3(F)F)ccc(Cl)c12. The number of pyridine rings is 1. The summed E-state index contributed by atoms with van der Waals surface area (Å²) < 4.78 is 178. The lowest BCUT2D eigenvalue weighted by Gasteiger charge is -2.23. The van der Waals surface area contributed by atoms with Gasteiger partial charge in [-0.3, -0.25) is 23.5 Å². The molecule has 5 rings (SSSR count). The minimum absolute atomic E-state index is 0.174. The van der Waals surface area contributed by atoms with Crippen LogP contribution in [0.5, 0.6) is 0 Å². The Balaban J connectivity index is 1.79. The third kappa shape index (κ3) is 13.8. The van der Waals surface area contributed by atoms with Gasteiger partial charge in [0.2, 0.25) is 12.7 Å². The molecule has 0 saturated heterocycles. The van der Waals surface area contributed by atoms with Crippen molar-refractivity contribution in [2.45, 2.75) is 68.7 Å². The first kappa shape index (κ1) is 56.3. The number of anilines is 1. The Morgan fingerprint density at radius 2 is 1.68 bits per heavy atom. The zero-order chi connectivity index (χ0) is 53.7. The average Bonchev–Trinajstić information content (AvgIpc) is 3.77. The van der Waals surface area contributed by atoms with E-state index in [9.17, 15) is 71.5 Å². The average molecular weight is 1080 g/mol. The van der Waals surface area contributed by atoms with Crippen molar-refractivity contribution in [3.63, 3.8) is 0 Å². The first-order valence-electron chi connectivity index (χ1n) is 20.4. The number of rotatable bonds is 15. The topological polar surface area (TPSA) is 205 Å². The van der Waals surface area contributed by atoms with Gasteiger partial charge in [-0.1, -0.05) is 23.6 Å². The molecule has 2 heterocycles. The standard InChI is InChI=1S/C44H38ClF10N7O8S2/c1-41(2,71(3)67)13-11-26-7-8-27(28-9-10-30(45)34-36(28)61(21-43(50,51)52)60-39(34)62(72(4)68)40(66)70-22-69-33(65)6-5-15-63)35(58-26)31(18-23-16-24(46)19-25(47)17-23)59-32(64)20-57-38-29(12-14-42(38,48)49)37(56)44(53,54)55/h5-10,15-17,19,31H,12,14,18,20-22,56H2,1-4H3,(H,59,64)/b6-5+,37-29-,57-38?. The number of aromatic nitrogens is 3. The van der Waals surface area contributed by atoms with Crippen LogP contribution in [0.2, 0.25) is 5.02 Å². The lowest BCUT2D eigenvalue weighted by Crippen LogP contribution is -2.34. The molecule has 28 heteroatoms. The second-order valence-corrected chi connectivity index (χ2v) is 19.4. The maximum atomic E-state index is 15.0. The van der Waals surface area contributed by atoms with Crippen molar-refractivity contribution in [3.05, 3.63) is 99.5 Å². The molecular formula is C44H38ClF10N7O8S2. The zero-order valence-corrected chi connectivity index (χ0v) is 40.0. The number of allylic oxidation sites excluding steroid dienone is 3. The van der Waals surface area contributed by atoms with E-state index < -0.39 is 158 Å². The molecule has 1 fully saturated rings. The monoisotopic (exact) mass is 1080 g/mol. The fraction of sp³-hybridized carbons (Fsp3) is 0.341. The van der Waals surface area contributed by atoms with Crippen LogP contribution in [-0.4, -0.2) is 102 Å². The smallest absolute Gasteiger partial charge is 0.425 e. The summed E-state index contributed by atoms with van der Waals surface area (Å²) in [6, 6.07) is 5.13. The summed E-state index contributed by atoms with van der Waals surface area (Å²) in [5, 5.41) is 5.46. The Morgan fingerprint density at radius 3 is 2.28 bits per heavy atom. The van der Waals surface area contributed by atoms with Crippen LogP contribution in [0.25, 0.3) is 22.0 Å². The molecule has 15 nitrogen and oxygen atoms in total. The van der Waals surface area contributed by atoms with Gasteiger partial charge in [0, 0.05) is 58.6 Å². The number of ether oxygens (including phenoxy) is 2. The molecule has 2 aromatic heterocycles. The van der Waals surface area contributed by atoms with Gasteiger partial charge in [0.05, 0.1) is 27.7 Å². The Labute approximate surface area is 411 Å². The summed E-state index contributed by atoms with van der Waals surface area (Å²) in [5.74, 6) is -4.03. The molecule has 3 atom stereocenters. The highest BCUT2D eigenvalue weighted by molar-refractivity contribution is 7.86. The summed E-state index contributed by atoms with van der Waals surface area (Å²) in [6.45, 7) is -1.38. The van der Waals surface area contributed by atoms with Crippen molar-refractivity contribution in [2.75, 3.05) is 30.2 Å². The molecular weight excluding hydrogens is 1040 g/mol. The van der Waals surface area contributed by atoms with Crippen LogP contribution in [0.15, 0.2) is 70.9 Å². The van der Waals surface area contributed by atoms with E-state index >= 15 is 0 Å². The van der Waals surface area contributed by atoms with E-state index in [0.29, 0.717) is 16.8 Å². The van der Waals surface area contributed by atoms with Gasteiger partial charge in [0.1, 0.15) is 63.8 Å². The number of nitrogens with zero attached hydrogens (tertiary/aromatic N) is 5. The molecule has 3 N–H and O–H groups in total. The maximum absolute atomic E-state index is 15.0. The predicted molar refractivity (Wildman–Crippen MR) is 243 cm³/mol. The van der Waals surface area contributed by atoms with E-state index in [-0.39, 0.29) is 38.7 Å². The molecule has 0 radical (unpaired) electrons. The number of nitrogens with two attached hydrogens (primary N) is 1. The van der Waals surface area contributed by atoms with Crippen molar-refractivity contribution in [1.29, 1.82) is 0 Å². The quantitative estimate of drug-likeness (QED) is 0.0296. The van der Waals surface area contributed by atoms with Crippen LogP contribution < -0.4 is 15.4 Å². The van der Waals surface area contributed by atoms with E-state index in [1.165, 1.54) is 32.2 Å². The number of benzene rings is 2. The van der Waals surface area contributed by atoms with Crippen LogP contribution >= 0.6 is 11.6 Å². The van der Waals surface area contributed by atoms with Crippen LogP contribution in [0.4, 0.5) is 54.5 Å². The molecule has 0 spiro atoms. The van der Waals surface area contributed by atoms with Gasteiger partial charge in [0.15, 0.2) is 5.82 Å². The Hall–Kier alpha value is -6.66. The normalized spacial score (nSPS) is 16.5. The molecule has 4 aromatic rings. The highest BCUT2D eigenvalue weighted by atomic mass is 35.5. The number of hydrogen-bond acceptors (Lipinski definition) is 12. The Kier molecular flexibility index (Phi) is 17.5. The van der Waals surface area contributed by atoms with Crippen molar-refractivity contribution < 1.29 is 81.0 Å². The first-order valence-corrected chi connectivity index (χ1v) is 23.8. The summed E-state index contributed by atoms with van der Waals surface area (Å²) in [7, 11) is -4.12. The van der Waals surface area contributed by atoms with Gasteiger partial charge in [0.25, 0.3) is 5.92 Å². The molecule has 72 heavy (non-hydrogen) atoms. The number of carbonyl (C=O) groups is 4. The van der Waals surface area contributed by atoms with Gasteiger partial charge in [-0.25, -0.2) is 27.6 Å². The fourth-order valence-corrected chi connectivity index (χ4v) is 7.93. The molecule has 1 aliphatic rings. The molecule has 2 amide bonds. The number of carbonyl (C=O) groups excluding carboxylic acids is 4. The van der Waals surface area contributed by atoms with Gasteiger partial charge in [-0.15, -0.1) is 0 Å². The van der Waals surface area contributed by atoms with Crippen molar-refractivity contribution in [1.82, 2.24) is 20.1 Å². The third-order valence-electron chi connectivity index (χ3n) is 10.2. The number of aldehydes is 1. The van der Waals surface area contributed by atoms with E-state index in [1.807, 2.05) is 0 Å². The van der Waals surface area contributed by atoms with Crippen LogP contribution in [0.3, 0.4) is 0 Å². The number of halogens is 11. The van der Waals surface area contributed by atoms with Crippen molar-refractivity contribution in [2.24, 2.45) is 10.7 Å². The second kappa shape index (κ2) is 22.4. The lowest BCUT2D eigenvalue weighted by atomic mass is 9.93. The zero-order valence-electron chi connectivity index (χ0n) is 37.6. The van der Waals surface area contributed by atoms with Crippen LogP contribution in [0.1, 0.15) is 49.7 Å². The lowest BCUT2D eigenvalue weighted by molar-refractivity contribution is -0.145. The molecule has 386 valence electrons. The number of fused-ring (bicyclic) bond motifs is 1. The minimum Gasteiger partial charge on any atom is -0.425 e. The summed E-state index contributed by atoms with van der Waals surface area (Å²) in [4.78, 5) is 57.7. The molecule has 1 saturated carbocycles. The van der Waals surface area contributed by atoms with E-state index in [0.717, 1.165) is 36.6 Å². The molecule has 1 aliphatic carbocycles. The number of aliphatic imine (C=N–C) groups is 1. The maximum Gasteiger partial charge on any atom is 0.431 e. The van der Waals surface area contributed by atoms with E-state index in [2.05, 4.69) is 37.0 Å². The number of nitrogens with one attached hydrogen (secondary N) is 1. The Morgan fingerprint density at radius 1 is 1.03 bits per heavy atom. The summed E-state index contributed by atoms with van der Waals surface area (Å²) >= 11 is 6.62. The number of amides is 2. The van der Waals surface area contributed by atoms with Crippen molar-refractivity contribution in [3.8, 4) is 23.0 Å². The fourth-order valence-electron chi connectivity index (χ4n) is 6.86. The molecule has 0 bridgehead atoms. The predicted octanol–water partition coefficient (Wildman–Crippen LogP) is 7.64. The minimum atomic E-state index is -5.26. The molecule has 0 aliphatic heterocycles. The molecule has 2 aromatic carbocycles. The third-order valence-corrected chi connectivity index (χ3v) is 12.9. The Bertz CT molecular complexity index is 3000. The largest absolute Gasteiger partial charge is 0.431 e. The van der Waals surface area contributed by atoms with Gasteiger partial charge >= 0.3 is 24.4 Å². The second-order valence-electron chi connectivity index (χ2n) is 15.8. The molecule has 3 unspecified atom stereocenters. The van der Waals surface area contributed by atoms with Crippen molar-refractivity contribution >= 4 is 80.1 Å². The number of esters is 1.